The van der Waals surface area contributed by atoms with Crippen LogP contribution >= 0.6 is 0 Å². The zero-order valence-corrected chi connectivity index (χ0v) is 12.3. The number of nitrogens with two attached hydrogens (primary N) is 1. The lowest BCUT2D eigenvalue weighted by Gasteiger charge is -2.37. The maximum Gasteiger partial charge on any atom is 0.137 e. The lowest BCUT2D eigenvalue weighted by molar-refractivity contribution is 0.0924. The Morgan fingerprint density at radius 1 is 1.42 bits per heavy atom. The van der Waals surface area contributed by atoms with Crippen molar-refractivity contribution in [1.29, 1.82) is 0 Å². The van der Waals surface area contributed by atoms with Crippen LogP contribution in [0.25, 0.3) is 0 Å². The highest BCUT2D eigenvalue weighted by Crippen LogP contribution is 2.27. The van der Waals surface area contributed by atoms with Crippen LogP contribution in [0.4, 0.5) is 11.6 Å². The molecule has 1 saturated heterocycles. The maximum atomic E-state index is 6.04. The Kier molecular flexibility index (Phi) is 4.24. The molecule has 0 bridgehead atoms. The third-order valence-electron chi connectivity index (χ3n) is 3.66. The number of rotatable bonds is 3. The number of anilines is 2. The van der Waals surface area contributed by atoms with Gasteiger partial charge in [-0.3, -0.25) is 0 Å². The van der Waals surface area contributed by atoms with Crippen molar-refractivity contribution >= 4 is 11.6 Å². The predicted octanol–water partition coefficient (Wildman–Crippen LogP) is 2.11. The van der Waals surface area contributed by atoms with Gasteiger partial charge >= 0.3 is 0 Å². The van der Waals surface area contributed by atoms with Crippen LogP contribution in [0, 0.1) is 6.92 Å². The maximum absolute atomic E-state index is 6.04. The van der Waals surface area contributed by atoms with Gasteiger partial charge in [-0.15, -0.1) is 0 Å². The summed E-state index contributed by atoms with van der Waals surface area (Å²) in [5.74, 6) is 2.67. The van der Waals surface area contributed by atoms with E-state index in [0.717, 1.165) is 43.4 Å². The highest BCUT2D eigenvalue weighted by Gasteiger charge is 2.25. The van der Waals surface area contributed by atoms with E-state index in [1.807, 2.05) is 6.92 Å². The third kappa shape index (κ3) is 2.81. The topological polar surface area (TPSA) is 64.3 Å². The summed E-state index contributed by atoms with van der Waals surface area (Å²) >= 11 is 0. The van der Waals surface area contributed by atoms with Gasteiger partial charge in [0.05, 0.1) is 19.3 Å². The number of hydrogen-bond donors (Lipinski definition) is 1. The Labute approximate surface area is 115 Å². The molecule has 0 radical (unpaired) electrons. The first-order chi connectivity index (χ1) is 9.04. The zero-order chi connectivity index (χ0) is 14.0. The standard InChI is InChI=1S/C14H24N4O/c1-5-11-8-19-7-6-18(11)14-10(4)12(15)16-13(17-14)9(2)3/h9,11H,5-8H2,1-4H3,(H2,15,16,17). The van der Waals surface area contributed by atoms with Crippen molar-refractivity contribution in [1.82, 2.24) is 9.97 Å². The minimum absolute atomic E-state index is 0.280. The minimum atomic E-state index is 0.280. The van der Waals surface area contributed by atoms with Crippen LogP contribution in [0.5, 0.6) is 0 Å². The van der Waals surface area contributed by atoms with Gasteiger partial charge in [-0.25, -0.2) is 9.97 Å². The van der Waals surface area contributed by atoms with Crippen LogP contribution in [-0.4, -0.2) is 35.8 Å². The number of aromatic nitrogens is 2. The smallest absolute Gasteiger partial charge is 0.137 e. The summed E-state index contributed by atoms with van der Waals surface area (Å²) < 4.78 is 5.56. The molecule has 1 aliphatic heterocycles. The fraction of sp³-hybridized carbons (Fsp3) is 0.714. The van der Waals surface area contributed by atoms with Crippen LogP contribution in [0.1, 0.15) is 44.5 Å². The Hall–Kier alpha value is -1.36. The van der Waals surface area contributed by atoms with Crippen LogP contribution in [0.2, 0.25) is 0 Å². The van der Waals surface area contributed by atoms with Crippen LogP contribution in [-0.2, 0) is 4.74 Å². The number of nitrogen functional groups attached to an aromatic ring is 1. The average molecular weight is 264 g/mol. The molecule has 0 aliphatic carbocycles. The molecule has 0 amide bonds. The van der Waals surface area contributed by atoms with E-state index in [0.29, 0.717) is 11.9 Å². The molecule has 5 heteroatoms. The Morgan fingerprint density at radius 2 is 2.16 bits per heavy atom. The number of hydrogen-bond acceptors (Lipinski definition) is 5. The summed E-state index contributed by atoms with van der Waals surface area (Å²) in [6.45, 7) is 10.7. The highest BCUT2D eigenvalue weighted by atomic mass is 16.5. The second-order valence-corrected chi connectivity index (χ2v) is 5.40. The molecule has 1 aromatic rings. The number of morpholine rings is 1. The monoisotopic (exact) mass is 264 g/mol. The van der Waals surface area contributed by atoms with E-state index in [2.05, 4.69) is 30.7 Å². The van der Waals surface area contributed by atoms with E-state index in [1.54, 1.807) is 0 Å². The van der Waals surface area contributed by atoms with Crippen LogP contribution in [0.3, 0.4) is 0 Å². The SMILES string of the molecule is CCC1COCCN1c1nc(C(C)C)nc(N)c1C. The van der Waals surface area contributed by atoms with Gasteiger partial charge in [0, 0.05) is 18.0 Å². The second kappa shape index (κ2) is 5.74. The van der Waals surface area contributed by atoms with E-state index in [4.69, 9.17) is 15.5 Å². The first kappa shape index (κ1) is 14.1. The lowest BCUT2D eigenvalue weighted by Crippen LogP contribution is -2.46. The molecule has 2 N–H and O–H groups in total. The Morgan fingerprint density at radius 3 is 2.79 bits per heavy atom. The molecule has 1 aliphatic rings. The van der Waals surface area contributed by atoms with Gasteiger partial charge < -0.3 is 15.4 Å². The van der Waals surface area contributed by atoms with Crippen LogP contribution < -0.4 is 10.6 Å². The van der Waals surface area contributed by atoms with Crippen molar-refractivity contribution < 1.29 is 4.74 Å². The van der Waals surface area contributed by atoms with Gasteiger partial charge in [0.1, 0.15) is 17.5 Å². The fourth-order valence-corrected chi connectivity index (χ4v) is 2.35. The molecule has 5 nitrogen and oxygen atoms in total. The summed E-state index contributed by atoms with van der Waals surface area (Å²) in [7, 11) is 0. The average Bonchev–Trinajstić information content (AvgIpc) is 2.41. The Balaban J connectivity index is 2.41. The molecular formula is C14H24N4O. The molecule has 2 rings (SSSR count). The largest absolute Gasteiger partial charge is 0.383 e. The van der Waals surface area contributed by atoms with Gasteiger partial charge in [0.25, 0.3) is 0 Å². The van der Waals surface area contributed by atoms with Crippen LogP contribution in [0.15, 0.2) is 0 Å². The quantitative estimate of drug-likeness (QED) is 0.905. The zero-order valence-electron chi connectivity index (χ0n) is 12.3. The van der Waals surface area contributed by atoms with Crippen molar-refractivity contribution in [3.05, 3.63) is 11.4 Å². The Bertz CT molecular complexity index is 447. The predicted molar refractivity (Wildman–Crippen MR) is 77.5 cm³/mol. The van der Waals surface area contributed by atoms with Crippen molar-refractivity contribution in [3.8, 4) is 0 Å². The van der Waals surface area contributed by atoms with Gasteiger partial charge in [-0.05, 0) is 13.3 Å². The summed E-state index contributed by atoms with van der Waals surface area (Å²) in [6, 6.07) is 0.377. The number of nitrogens with zero attached hydrogens (tertiary/aromatic N) is 3. The molecule has 1 fully saturated rings. The van der Waals surface area contributed by atoms with E-state index < -0.39 is 0 Å². The van der Waals surface area contributed by atoms with Crippen molar-refractivity contribution in [2.75, 3.05) is 30.4 Å². The van der Waals surface area contributed by atoms with Gasteiger partial charge in [0.2, 0.25) is 0 Å². The van der Waals surface area contributed by atoms with E-state index in [9.17, 15) is 0 Å². The summed E-state index contributed by atoms with van der Waals surface area (Å²) in [4.78, 5) is 11.4. The van der Waals surface area contributed by atoms with Gasteiger partial charge in [-0.2, -0.15) is 0 Å². The molecule has 1 aromatic heterocycles. The van der Waals surface area contributed by atoms with Gasteiger partial charge in [0.15, 0.2) is 0 Å². The van der Waals surface area contributed by atoms with Crippen molar-refractivity contribution in [3.63, 3.8) is 0 Å². The second-order valence-electron chi connectivity index (χ2n) is 5.40. The minimum Gasteiger partial charge on any atom is -0.383 e. The van der Waals surface area contributed by atoms with Crippen molar-refractivity contribution in [2.24, 2.45) is 0 Å². The summed E-state index contributed by atoms with van der Waals surface area (Å²) in [6.07, 6.45) is 1.04. The van der Waals surface area contributed by atoms with E-state index in [1.165, 1.54) is 0 Å². The number of ether oxygens (including phenoxy) is 1. The van der Waals surface area contributed by atoms with Crippen molar-refractivity contribution in [2.45, 2.75) is 46.1 Å². The molecular weight excluding hydrogens is 240 g/mol. The summed E-state index contributed by atoms with van der Waals surface area (Å²) in [5.41, 5.74) is 7.02. The fourth-order valence-electron chi connectivity index (χ4n) is 2.35. The molecule has 0 saturated carbocycles. The van der Waals surface area contributed by atoms with E-state index >= 15 is 0 Å². The third-order valence-corrected chi connectivity index (χ3v) is 3.66. The van der Waals surface area contributed by atoms with E-state index in [-0.39, 0.29) is 5.92 Å². The lowest BCUT2D eigenvalue weighted by atomic mass is 10.1. The highest BCUT2D eigenvalue weighted by molar-refractivity contribution is 5.57. The molecule has 106 valence electrons. The molecule has 0 spiro atoms. The molecule has 1 atom stereocenters. The molecule has 2 heterocycles. The first-order valence-electron chi connectivity index (χ1n) is 7.03. The molecule has 1 unspecified atom stereocenters. The summed E-state index contributed by atoms with van der Waals surface area (Å²) in [5, 5.41) is 0. The normalized spacial score (nSPS) is 20.1. The molecule has 0 aromatic carbocycles. The molecule has 19 heavy (non-hydrogen) atoms. The first-order valence-corrected chi connectivity index (χ1v) is 7.03. The van der Waals surface area contributed by atoms with Gasteiger partial charge in [-0.1, -0.05) is 20.8 Å².